The summed E-state index contributed by atoms with van der Waals surface area (Å²) in [5.41, 5.74) is 11.9. The number of piperazine rings is 1. The highest BCUT2D eigenvalue weighted by molar-refractivity contribution is 7.15. The van der Waals surface area contributed by atoms with Crippen LogP contribution < -0.4 is 10.5 Å². The average Bonchev–Trinajstić information content (AvgIpc) is 3.14. The summed E-state index contributed by atoms with van der Waals surface area (Å²) in [6, 6.07) is 7.76. The monoisotopic (exact) mass is 451 g/mol. The summed E-state index contributed by atoms with van der Waals surface area (Å²) in [6.45, 7) is 10.3. The SMILES string of the molecule is Cc1csc2nc(CN3CCN(c4cc(CC(C)C)ccc4C(=N)N=N)CC3)cc(=O)n12. The zero-order valence-electron chi connectivity index (χ0n) is 18.8. The van der Waals surface area contributed by atoms with Crippen LogP contribution in [-0.4, -0.2) is 46.3 Å². The first kappa shape index (κ1) is 22.3. The summed E-state index contributed by atoms with van der Waals surface area (Å²) in [6.07, 6.45) is 0.977. The van der Waals surface area contributed by atoms with Crippen molar-refractivity contribution in [3.63, 3.8) is 0 Å². The number of thiazole rings is 1. The zero-order chi connectivity index (χ0) is 22.8. The summed E-state index contributed by atoms with van der Waals surface area (Å²) in [4.78, 5) is 22.5. The van der Waals surface area contributed by atoms with E-state index >= 15 is 0 Å². The van der Waals surface area contributed by atoms with Crippen LogP contribution in [0.4, 0.5) is 5.69 Å². The zero-order valence-corrected chi connectivity index (χ0v) is 19.6. The van der Waals surface area contributed by atoms with Gasteiger partial charge in [0.1, 0.15) is 0 Å². The van der Waals surface area contributed by atoms with Crippen LogP contribution >= 0.6 is 11.3 Å². The fourth-order valence-electron chi connectivity index (χ4n) is 4.26. The lowest BCUT2D eigenvalue weighted by Crippen LogP contribution is -2.46. The lowest BCUT2D eigenvalue weighted by Gasteiger charge is -2.37. The largest absolute Gasteiger partial charge is 0.368 e. The number of aromatic nitrogens is 2. The average molecular weight is 452 g/mol. The first-order valence-corrected chi connectivity index (χ1v) is 11.8. The fraction of sp³-hybridized carbons (Fsp3) is 0.435. The van der Waals surface area contributed by atoms with Gasteiger partial charge in [-0.25, -0.2) is 10.5 Å². The Bertz CT molecular complexity index is 1200. The smallest absolute Gasteiger partial charge is 0.259 e. The normalized spacial score (nSPS) is 14.9. The molecule has 9 heteroatoms. The Morgan fingerprint density at radius 2 is 1.97 bits per heavy atom. The number of nitrogens with one attached hydrogen (secondary N) is 2. The van der Waals surface area contributed by atoms with Crippen molar-refractivity contribution in [1.82, 2.24) is 14.3 Å². The Hall–Kier alpha value is -2.91. The van der Waals surface area contributed by atoms with Crippen LogP contribution in [0.3, 0.4) is 0 Å². The topological polar surface area (TPSA) is 101 Å². The van der Waals surface area contributed by atoms with Crippen LogP contribution in [0.2, 0.25) is 0 Å². The van der Waals surface area contributed by atoms with Crippen molar-refractivity contribution in [2.24, 2.45) is 11.0 Å². The fourth-order valence-corrected chi connectivity index (χ4v) is 5.15. The van der Waals surface area contributed by atoms with Gasteiger partial charge in [0.2, 0.25) is 0 Å². The van der Waals surface area contributed by atoms with Crippen molar-refractivity contribution in [2.45, 2.75) is 33.7 Å². The van der Waals surface area contributed by atoms with Crippen LogP contribution in [0.5, 0.6) is 0 Å². The van der Waals surface area contributed by atoms with Gasteiger partial charge in [0.15, 0.2) is 10.8 Å². The number of fused-ring (bicyclic) bond motifs is 1. The standard InChI is InChI=1S/C23H29N7OS/c1-15(2)10-17-4-5-19(22(24)27-25)20(11-17)29-8-6-28(7-9-29)13-18-12-21(31)30-16(3)14-32-23(30)26-18/h4-5,11-12,14-15,24-25H,6-10,13H2,1-3H3. The molecule has 1 aromatic carbocycles. The van der Waals surface area contributed by atoms with E-state index in [1.165, 1.54) is 16.9 Å². The molecule has 0 amide bonds. The second-order valence-electron chi connectivity index (χ2n) is 8.75. The molecule has 1 fully saturated rings. The van der Waals surface area contributed by atoms with Gasteiger partial charge < -0.3 is 4.90 Å². The molecule has 1 aliphatic rings. The molecule has 0 aliphatic carbocycles. The quantitative estimate of drug-likeness (QED) is 0.337. The highest BCUT2D eigenvalue weighted by Crippen LogP contribution is 2.26. The number of benzene rings is 1. The molecule has 32 heavy (non-hydrogen) atoms. The number of anilines is 1. The summed E-state index contributed by atoms with van der Waals surface area (Å²) in [7, 11) is 0. The molecule has 0 saturated carbocycles. The first-order chi connectivity index (χ1) is 15.4. The molecule has 0 spiro atoms. The molecule has 2 N–H and O–H groups in total. The molecule has 1 aliphatic heterocycles. The van der Waals surface area contributed by atoms with Crippen LogP contribution in [0, 0.1) is 23.8 Å². The lowest BCUT2D eigenvalue weighted by atomic mass is 9.99. The summed E-state index contributed by atoms with van der Waals surface area (Å²) < 4.78 is 1.66. The predicted molar refractivity (Wildman–Crippen MR) is 129 cm³/mol. The van der Waals surface area contributed by atoms with Gasteiger partial charge in [-0.3, -0.25) is 19.5 Å². The van der Waals surface area contributed by atoms with Gasteiger partial charge in [0.05, 0.1) is 5.69 Å². The molecule has 0 radical (unpaired) electrons. The number of hydrogen-bond acceptors (Lipinski definition) is 7. The molecule has 1 saturated heterocycles. The highest BCUT2D eigenvalue weighted by atomic mass is 32.1. The molecule has 2 aromatic heterocycles. The Labute approximate surface area is 191 Å². The number of aryl methyl sites for hydroxylation is 1. The maximum absolute atomic E-state index is 12.5. The van der Waals surface area contributed by atoms with Gasteiger partial charge in [-0.1, -0.05) is 19.9 Å². The van der Waals surface area contributed by atoms with Crippen molar-refractivity contribution in [3.05, 3.63) is 62.5 Å². The Morgan fingerprint density at radius 3 is 2.66 bits per heavy atom. The van der Waals surface area contributed by atoms with Crippen molar-refractivity contribution in [1.29, 1.82) is 10.9 Å². The van der Waals surface area contributed by atoms with E-state index in [-0.39, 0.29) is 11.4 Å². The molecule has 0 atom stereocenters. The van der Waals surface area contributed by atoms with Crippen molar-refractivity contribution >= 4 is 27.8 Å². The minimum atomic E-state index is -0.0216. The van der Waals surface area contributed by atoms with E-state index in [0.717, 1.165) is 54.6 Å². The van der Waals surface area contributed by atoms with Gasteiger partial charge in [-0.2, -0.15) is 0 Å². The van der Waals surface area contributed by atoms with Crippen molar-refractivity contribution in [2.75, 3.05) is 31.1 Å². The molecular weight excluding hydrogens is 422 g/mol. The lowest BCUT2D eigenvalue weighted by molar-refractivity contribution is 0.247. The molecule has 8 nitrogen and oxygen atoms in total. The summed E-state index contributed by atoms with van der Waals surface area (Å²) >= 11 is 1.49. The molecule has 3 heterocycles. The van der Waals surface area contributed by atoms with E-state index in [1.54, 1.807) is 10.5 Å². The van der Waals surface area contributed by atoms with Gasteiger partial charge in [0, 0.05) is 61.1 Å². The number of nitrogens with zero attached hydrogens (tertiary/aromatic N) is 5. The molecule has 4 rings (SSSR count). The maximum atomic E-state index is 12.5. The number of rotatable bonds is 6. The van der Waals surface area contributed by atoms with Crippen LogP contribution in [0.15, 0.2) is 39.6 Å². The van der Waals surface area contributed by atoms with Gasteiger partial charge >= 0.3 is 0 Å². The van der Waals surface area contributed by atoms with Crippen LogP contribution in [0.25, 0.3) is 4.96 Å². The van der Waals surface area contributed by atoms with E-state index in [4.69, 9.17) is 10.9 Å². The maximum Gasteiger partial charge on any atom is 0.259 e. The first-order valence-electron chi connectivity index (χ1n) is 10.9. The van der Waals surface area contributed by atoms with E-state index in [9.17, 15) is 4.79 Å². The third-order valence-electron chi connectivity index (χ3n) is 5.80. The van der Waals surface area contributed by atoms with Gasteiger partial charge in [-0.15, -0.1) is 16.5 Å². The minimum Gasteiger partial charge on any atom is -0.368 e. The Balaban J connectivity index is 1.49. The van der Waals surface area contributed by atoms with E-state index in [1.807, 2.05) is 24.4 Å². The second-order valence-corrected chi connectivity index (χ2v) is 9.59. The summed E-state index contributed by atoms with van der Waals surface area (Å²) in [5, 5.41) is 13.4. The van der Waals surface area contributed by atoms with E-state index in [2.05, 4.69) is 39.8 Å². The highest BCUT2D eigenvalue weighted by Gasteiger charge is 2.22. The van der Waals surface area contributed by atoms with Crippen molar-refractivity contribution < 1.29 is 0 Å². The third-order valence-corrected chi connectivity index (χ3v) is 6.74. The van der Waals surface area contributed by atoms with Gasteiger partial charge in [0.25, 0.3) is 5.56 Å². The second kappa shape index (κ2) is 9.30. The Morgan fingerprint density at radius 1 is 1.22 bits per heavy atom. The molecule has 168 valence electrons. The molecule has 0 unspecified atom stereocenters. The minimum absolute atomic E-state index is 0.0113. The third kappa shape index (κ3) is 4.63. The summed E-state index contributed by atoms with van der Waals surface area (Å²) in [5.74, 6) is 0.537. The van der Waals surface area contributed by atoms with Gasteiger partial charge in [-0.05, 0) is 37.0 Å². The number of amidine groups is 1. The number of hydrogen-bond donors (Lipinski definition) is 2. The Kier molecular flexibility index (Phi) is 6.48. The molecule has 0 bridgehead atoms. The molecular formula is C23H29N7OS. The van der Waals surface area contributed by atoms with Crippen LogP contribution in [0.1, 0.15) is 36.4 Å². The predicted octanol–water partition coefficient (Wildman–Crippen LogP) is 3.94. The van der Waals surface area contributed by atoms with E-state index in [0.29, 0.717) is 18.0 Å². The van der Waals surface area contributed by atoms with Crippen molar-refractivity contribution in [3.8, 4) is 0 Å². The van der Waals surface area contributed by atoms with Crippen LogP contribution in [-0.2, 0) is 13.0 Å². The molecule has 3 aromatic rings. The van der Waals surface area contributed by atoms with E-state index < -0.39 is 0 Å².